The van der Waals surface area contributed by atoms with E-state index in [9.17, 15) is 0 Å². The number of aryl methyl sites for hydroxylation is 3. The number of nitrogens with one attached hydrogen (secondary N) is 1. The zero-order valence-corrected chi connectivity index (χ0v) is 20.1. The second-order valence-electron chi connectivity index (χ2n) is 8.61. The maximum atomic E-state index is 6.13. The first-order valence-corrected chi connectivity index (χ1v) is 11.7. The van der Waals surface area contributed by atoms with Gasteiger partial charge in [0.2, 0.25) is 0 Å². The molecule has 4 rings (SSSR count). The SMILES string of the molecule is Cc1cc(Nc2ncc(C)s2)cc([C@@H]2CN(Cc3c(C)nn(C(C)C)c3C)CCO2)n1. The first-order chi connectivity index (χ1) is 14.8. The summed E-state index contributed by atoms with van der Waals surface area (Å²) in [6, 6.07) is 4.51. The molecule has 1 aliphatic heterocycles. The molecule has 7 nitrogen and oxygen atoms in total. The van der Waals surface area contributed by atoms with E-state index >= 15 is 0 Å². The molecule has 0 aromatic carbocycles. The molecular weight excluding hydrogens is 408 g/mol. The molecule has 4 heterocycles. The number of morpholine rings is 1. The fourth-order valence-electron chi connectivity index (χ4n) is 4.14. The third-order valence-corrected chi connectivity index (χ3v) is 6.50. The van der Waals surface area contributed by atoms with Gasteiger partial charge in [0.15, 0.2) is 5.13 Å². The highest BCUT2D eigenvalue weighted by molar-refractivity contribution is 7.15. The van der Waals surface area contributed by atoms with Gasteiger partial charge in [-0.15, -0.1) is 11.3 Å². The zero-order chi connectivity index (χ0) is 22.1. The van der Waals surface area contributed by atoms with E-state index in [-0.39, 0.29) is 6.10 Å². The van der Waals surface area contributed by atoms with Gasteiger partial charge >= 0.3 is 0 Å². The molecule has 0 amide bonds. The first kappa shape index (κ1) is 21.9. The van der Waals surface area contributed by atoms with Crippen molar-refractivity contribution < 1.29 is 4.74 Å². The number of hydrogen-bond donors (Lipinski definition) is 1. The van der Waals surface area contributed by atoms with E-state index in [1.54, 1.807) is 11.3 Å². The molecule has 1 aliphatic rings. The summed E-state index contributed by atoms with van der Waals surface area (Å²) >= 11 is 1.65. The summed E-state index contributed by atoms with van der Waals surface area (Å²) in [5.41, 5.74) is 6.64. The van der Waals surface area contributed by atoms with Crippen LogP contribution < -0.4 is 5.32 Å². The zero-order valence-electron chi connectivity index (χ0n) is 19.3. The van der Waals surface area contributed by atoms with Crippen molar-refractivity contribution in [3.63, 3.8) is 0 Å². The Balaban J connectivity index is 1.50. The molecule has 0 unspecified atom stereocenters. The van der Waals surface area contributed by atoms with Crippen LogP contribution in [0.4, 0.5) is 10.8 Å². The van der Waals surface area contributed by atoms with Gasteiger partial charge in [-0.25, -0.2) is 4.98 Å². The van der Waals surface area contributed by atoms with E-state index in [0.29, 0.717) is 12.6 Å². The molecule has 8 heteroatoms. The van der Waals surface area contributed by atoms with Gasteiger partial charge in [0.1, 0.15) is 6.10 Å². The Bertz CT molecular complexity index is 1060. The highest BCUT2D eigenvalue weighted by Crippen LogP contribution is 2.28. The van der Waals surface area contributed by atoms with E-state index in [2.05, 4.69) is 60.6 Å². The van der Waals surface area contributed by atoms with E-state index < -0.39 is 0 Å². The lowest BCUT2D eigenvalue weighted by molar-refractivity contribution is -0.0351. The minimum absolute atomic E-state index is 0.0482. The topological polar surface area (TPSA) is 68.1 Å². The quantitative estimate of drug-likeness (QED) is 0.590. The molecule has 0 saturated carbocycles. The summed E-state index contributed by atoms with van der Waals surface area (Å²) < 4.78 is 8.26. The third kappa shape index (κ3) is 4.97. The molecule has 3 aromatic heterocycles. The molecule has 1 saturated heterocycles. The number of thiazole rings is 1. The van der Waals surface area contributed by atoms with Crippen LogP contribution in [-0.2, 0) is 11.3 Å². The lowest BCUT2D eigenvalue weighted by atomic mass is 10.1. The van der Waals surface area contributed by atoms with Crippen LogP contribution in [0.25, 0.3) is 0 Å². The number of ether oxygens (including phenoxy) is 1. The van der Waals surface area contributed by atoms with Crippen LogP contribution in [-0.4, -0.2) is 44.3 Å². The number of nitrogens with zero attached hydrogens (tertiary/aromatic N) is 5. The van der Waals surface area contributed by atoms with Crippen molar-refractivity contribution in [1.82, 2.24) is 24.6 Å². The van der Waals surface area contributed by atoms with Crippen LogP contribution in [0, 0.1) is 27.7 Å². The van der Waals surface area contributed by atoms with Crippen molar-refractivity contribution in [3.05, 3.63) is 51.5 Å². The van der Waals surface area contributed by atoms with Gasteiger partial charge in [0.05, 0.1) is 18.0 Å². The standard InChI is InChI=1S/C23H32N6OS/c1-14(2)29-18(6)20(17(5)27-29)12-28-7-8-30-22(13-28)21-10-19(9-15(3)25-21)26-23-24-11-16(4)31-23/h9-11,14,22H,7-8,12-13H2,1-6H3,(H,24,25,26)/t22-/m0/s1. The smallest absolute Gasteiger partial charge is 0.187 e. The molecule has 1 N–H and O–H groups in total. The third-order valence-electron chi connectivity index (χ3n) is 5.67. The Kier molecular flexibility index (Phi) is 6.41. The minimum Gasteiger partial charge on any atom is -0.369 e. The van der Waals surface area contributed by atoms with Gasteiger partial charge in [0.25, 0.3) is 0 Å². The highest BCUT2D eigenvalue weighted by atomic mass is 32.1. The number of pyridine rings is 1. The van der Waals surface area contributed by atoms with Crippen molar-refractivity contribution >= 4 is 22.2 Å². The van der Waals surface area contributed by atoms with Gasteiger partial charge in [-0.1, -0.05) is 0 Å². The van der Waals surface area contributed by atoms with Crippen LogP contribution >= 0.6 is 11.3 Å². The lowest BCUT2D eigenvalue weighted by Crippen LogP contribution is -2.38. The maximum Gasteiger partial charge on any atom is 0.187 e. The summed E-state index contributed by atoms with van der Waals surface area (Å²) in [5, 5.41) is 9.06. The van der Waals surface area contributed by atoms with Crippen molar-refractivity contribution in [3.8, 4) is 0 Å². The lowest BCUT2D eigenvalue weighted by Gasteiger charge is -2.33. The number of anilines is 2. The molecule has 0 radical (unpaired) electrons. The van der Waals surface area contributed by atoms with Gasteiger partial charge in [-0.05, 0) is 53.7 Å². The monoisotopic (exact) mass is 440 g/mol. The molecule has 1 fully saturated rings. The molecule has 31 heavy (non-hydrogen) atoms. The first-order valence-electron chi connectivity index (χ1n) is 10.9. The predicted octanol–water partition coefficient (Wildman–Crippen LogP) is 4.87. The van der Waals surface area contributed by atoms with Crippen LogP contribution in [0.3, 0.4) is 0 Å². The van der Waals surface area contributed by atoms with E-state index in [4.69, 9.17) is 14.8 Å². The summed E-state index contributed by atoms with van der Waals surface area (Å²) in [7, 11) is 0. The van der Waals surface area contributed by atoms with Crippen LogP contribution in [0.1, 0.15) is 59.2 Å². The maximum absolute atomic E-state index is 6.13. The van der Waals surface area contributed by atoms with Gasteiger partial charge in [0, 0.05) is 59.4 Å². The molecule has 166 valence electrons. The Morgan fingerprint density at radius 1 is 1.23 bits per heavy atom. The van der Waals surface area contributed by atoms with Crippen LogP contribution in [0.15, 0.2) is 18.3 Å². The fourth-order valence-corrected chi connectivity index (χ4v) is 4.83. The highest BCUT2D eigenvalue weighted by Gasteiger charge is 2.25. The van der Waals surface area contributed by atoms with Gasteiger partial charge in [-0.3, -0.25) is 14.6 Å². The number of rotatable bonds is 6. The van der Waals surface area contributed by atoms with E-state index in [1.165, 1.54) is 16.1 Å². The Morgan fingerprint density at radius 2 is 2.03 bits per heavy atom. The largest absolute Gasteiger partial charge is 0.369 e. The molecule has 0 bridgehead atoms. The fraction of sp³-hybridized carbons (Fsp3) is 0.522. The summed E-state index contributed by atoms with van der Waals surface area (Å²) in [5.74, 6) is 0. The average Bonchev–Trinajstić information content (AvgIpc) is 3.25. The van der Waals surface area contributed by atoms with Crippen LogP contribution in [0.2, 0.25) is 0 Å². The second kappa shape index (κ2) is 9.06. The molecule has 3 aromatic rings. The van der Waals surface area contributed by atoms with Crippen molar-refractivity contribution in [1.29, 1.82) is 0 Å². The van der Waals surface area contributed by atoms with Crippen molar-refractivity contribution in [2.75, 3.05) is 25.0 Å². The Morgan fingerprint density at radius 3 is 2.71 bits per heavy atom. The van der Waals surface area contributed by atoms with E-state index in [0.717, 1.165) is 47.5 Å². The second-order valence-corrected chi connectivity index (χ2v) is 9.84. The molecule has 1 atom stereocenters. The number of aromatic nitrogens is 4. The van der Waals surface area contributed by atoms with E-state index in [1.807, 2.05) is 19.2 Å². The van der Waals surface area contributed by atoms with Crippen molar-refractivity contribution in [2.24, 2.45) is 0 Å². The molecular formula is C23H32N6OS. The summed E-state index contributed by atoms with van der Waals surface area (Å²) in [6.07, 6.45) is 1.84. The Hall–Kier alpha value is -2.29. The summed E-state index contributed by atoms with van der Waals surface area (Å²) in [6.45, 7) is 16.0. The number of hydrogen-bond acceptors (Lipinski definition) is 7. The van der Waals surface area contributed by atoms with Gasteiger partial charge < -0.3 is 10.1 Å². The van der Waals surface area contributed by atoms with Crippen molar-refractivity contribution in [2.45, 2.75) is 60.2 Å². The van der Waals surface area contributed by atoms with Gasteiger partial charge in [-0.2, -0.15) is 5.10 Å². The van der Waals surface area contributed by atoms with Crippen LogP contribution in [0.5, 0.6) is 0 Å². The molecule has 0 spiro atoms. The minimum atomic E-state index is -0.0482. The molecule has 0 aliphatic carbocycles. The Labute approximate surface area is 188 Å². The summed E-state index contributed by atoms with van der Waals surface area (Å²) in [4.78, 5) is 12.8. The normalized spacial score (nSPS) is 17.5. The predicted molar refractivity (Wildman–Crippen MR) is 125 cm³/mol. The average molecular weight is 441 g/mol.